The van der Waals surface area contributed by atoms with Gasteiger partial charge < -0.3 is 5.32 Å². The predicted molar refractivity (Wildman–Crippen MR) is 122 cm³/mol. The van der Waals surface area contributed by atoms with Crippen LogP contribution in [0.5, 0.6) is 0 Å². The molecule has 168 valence electrons. The highest BCUT2D eigenvalue weighted by atomic mass is 32.2. The van der Waals surface area contributed by atoms with E-state index in [1.807, 2.05) is 26.0 Å². The zero-order chi connectivity index (χ0) is 23.2. The van der Waals surface area contributed by atoms with Gasteiger partial charge in [-0.05, 0) is 42.5 Å². The van der Waals surface area contributed by atoms with E-state index >= 15 is 0 Å². The van der Waals surface area contributed by atoms with E-state index < -0.39 is 10.0 Å². The average Bonchev–Trinajstić information content (AvgIpc) is 2.72. The van der Waals surface area contributed by atoms with Gasteiger partial charge in [-0.1, -0.05) is 63.6 Å². The number of ketones is 1. The van der Waals surface area contributed by atoms with Crippen molar-refractivity contribution in [1.82, 2.24) is 9.62 Å². The summed E-state index contributed by atoms with van der Waals surface area (Å²) in [7, 11) is -2.48. The molecule has 1 unspecified atom stereocenters. The number of nitrogens with one attached hydrogen (secondary N) is 1. The molecule has 1 amide bonds. The molecular weight excluding hydrogens is 412 g/mol. The molecule has 0 fully saturated rings. The van der Waals surface area contributed by atoms with Crippen LogP contribution in [0.4, 0.5) is 0 Å². The van der Waals surface area contributed by atoms with Crippen LogP contribution < -0.4 is 5.32 Å². The summed E-state index contributed by atoms with van der Waals surface area (Å²) < 4.78 is 26.6. The number of nitrogens with zero attached hydrogens (tertiary/aromatic N) is 1. The van der Waals surface area contributed by atoms with Crippen molar-refractivity contribution in [1.29, 1.82) is 0 Å². The molecule has 0 spiro atoms. The molecule has 31 heavy (non-hydrogen) atoms. The standard InChI is InChI=1S/C24H32N2O4S/c1-6-7-19-8-10-21(11-9-19)24(17(2)3)25-23(28)16-26(5)31(29,30)22-14-12-20(13-15-22)18(4)27/h8-15,17,24H,6-7,16H2,1-5H3,(H,25,28). The fourth-order valence-corrected chi connectivity index (χ4v) is 4.49. The second kappa shape index (κ2) is 10.7. The molecule has 0 aliphatic heterocycles. The van der Waals surface area contributed by atoms with Crippen molar-refractivity contribution >= 4 is 21.7 Å². The molecule has 0 radical (unpaired) electrons. The van der Waals surface area contributed by atoms with Crippen LogP contribution in [0.2, 0.25) is 0 Å². The van der Waals surface area contributed by atoms with E-state index in [2.05, 4.69) is 24.4 Å². The van der Waals surface area contributed by atoms with Crippen LogP contribution in [0.1, 0.15) is 61.6 Å². The number of benzene rings is 2. The molecule has 0 aromatic heterocycles. The third-order valence-corrected chi connectivity index (χ3v) is 7.01. The van der Waals surface area contributed by atoms with Gasteiger partial charge in [0.2, 0.25) is 15.9 Å². The van der Waals surface area contributed by atoms with Crippen LogP contribution in [0, 0.1) is 5.92 Å². The molecule has 0 saturated heterocycles. The maximum absolute atomic E-state index is 12.8. The fourth-order valence-electron chi connectivity index (χ4n) is 3.36. The van der Waals surface area contributed by atoms with Gasteiger partial charge in [0, 0.05) is 12.6 Å². The molecule has 1 atom stereocenters. The number of hydrogen-bond acceptors (Lipinski definition) is 4. The number of carbonyl (C=O) groups excluding carboxylic acids is 2. The number of amides is 1. The van der Waals surface area contributed by atoms with Crippen molar-refractivity contribution in [2.75, 3.05) is 13.6 Å². The summed E-state index contributed by atoms with van der Waals surface area (Å²) in [4.78, 5) is 24.1. The Bertz CT molecular complexity index is 997. The number of sulfonamides is 1. The summed E-state index contributed by atoms with van der Waals surface area (Å²) in [6.45, 7) is 7.29. The van der Waals surface area contributed by atoms with E-state index in [0.29, 0.717) is 5.56 Å². The molecule has 7 heteroatoms. The van der Waals surface area contributed by atoms with Crippen LogP contribution in [0.15, 0.2) is 53.4 Å². The fraction of sp³-hybridized carbons (Fsp3) is 0.417. The highest BCUT2D eigenvalue weighted by Crippen LogP contribution is 2.23. The monoisotopic (exact) mass is 444 g/mol. The first-order chi connectivity index (χ1) is 14.6. The van der Waals surface area contributed by atoms with Gasteiger partial charge in [-0.3, -0.25) is 9.59 Å². The minimum Gasteiger partial charge on any atom is -0.348 e. The number of carbonyl (C=O) groups is 2. The largest absolute Gasteiger partial charge is 0.348 e. The van der Waals surface area contributed by atoms with Gasteiger partial charge in [0.1, 0.15) is 0 Å². The lowest BCUT2D eigenvalue weighted by Crippen LogP contribution is -2.41. The maximum Gasteiger partial charge on any atom is 0.243 e. The molecule has 0 bridgehead atoms. The van der Waals surface area contributed by atoms with Crippen LogP contribution in [0.25, 0.3) is 0 Å². The van der Waals surface area contributed by atoms with Gasteiger partial charge in [0.05, 0.1) is 17.5 Å². The Morgan fingerprint density at radius 1 is 1.00 bits per heavy atom. The van der Waals surface area contributed by atoms with Crippen LogP contribution in [0.3, 0.4) is 0 Å². The lowest BCUT2D eigenvalue weighted by Gasteiger charge is -2.25. The van der Waals surface area contributed by atoms with E-state index in [1.165, 1.54) is 43.8 Å². The quantitative estimate of drug-likeness (QED) is 0.562. The summed E-state index contributed by atoms with van der Waals surface area (Å²) in [6.07, 6.45) is 2.08. The molecule has 0 saturated carbocycles. The molecule has 0 aliphatic rings. The maximum atomic E-state index is 12.8. The molecule has 1 N–H and O–H groups in total. The number of likely N-dealkylation sites (N-methyl/N-ethyl adjacent to an activating group) is 1. The minimum atomic E-state index is -3.85. The molecule has 0 aliphatic carbocycles. The van der Waals surface area contributed by atoms with Crippen molar-refractivity contribution in [2.45, 2.75) is 51.5 Å². The highest BCUT2D eigenvalue weighted by Gasteiger charge is 2.25. The topological polar surface area (TPSA) is 83.6 Å². The summed E-state index contributed by atoms with van der Waals surface area (Å²) in [5, 5.41) is 2.97. The van der Waals surface area contributed by atoms with Gasteiger partial charge >= 0.3 is 0 Å². The number of aryl methyl sites for hydroxylation is 1. The van der Waals surface area contributed by atoms with Crippen molar-refractivity contribution in [3.05, 3.63) is 65.2 Å². The van der Waals surface area contributed by atoms with Gasteiger partial charge in [-0.2, -0.15) is 4.31 Å². The number of hydrogen-bond donors (Lipinski definition) is 1. The van der Waals surface area contributed by atoms with Crippen molar-refractivity contribution in [2.24, 2.45) is 5.92 Å². The molecular formula is C24H32N2O4S. The number of Topliss-reactive ketones (excluding diaryl/α,β-unsaturated/α-hetero) is 1. The van der Waals surface area contributed by atoms with Crippen LogP contribution >= 0.6 is 0 Å². The zero-order valence-corrected chi connectivity index (χ0v) is 19.7. The van der Waals surface area contributed by atoms with Crippen molar-refractivity contribution in [3.8, 4) is 0 Å². The Kier molecular flexibility index (Phi) is 8.53. The van der Waals surface area contributed by atoms with Crippen LogP contribution in [-0.4, -0.2) is 38.0 Å². The predicted octanol–water partition coefficient (Wildman–Crippen LogP) is 3.98. The van der Waals surface area contributed by atoms with Crippen molar-refractivity contribution in [3.63, 3.8) is 0 Å². The molecule has 2 aromatic rings. The van der Waals surface area contributed by atoms with E-state index in [4.69, 9.17) is 0 Å². The summed E-state index contributed by atoms with van der Waals surface area (Å²) in [5.74, 6) is -0.371. The summed E-state index contributed by atoms with van der Waals surface area (Å²) in [5.41, 5.74) is 2.68. The SMILES string of the molecule is CCCc1ccc(C(NC(=O)CN(C)S(=O)(=O)c2ccc(C(C)=O)cc2)C(C)C)cc1. The molecule has 2 rings (SSSR count). The molecule has 6 nitrogen and oxygen atoms in total. The van der Waals surface area contributed by atoms with Gasteiger partial charge in [-0.25, -0.2) is 8.42 Å². The van der Waals surface area contributed by atoms with E-state index in [9.17, 15) is 18.0 Å². The van der Waals surface area contributed by atoms with Crippen LogP contribution in [-0.2, 0) is 21.2 Å². The Morgan fingerprint density at radius 2 is 1.58 bits per heavy atom. The number of rotatable bonds is 10. The first kappa shape index (κ1) is 24.8. The first-order valence-corrected chi connectivity index (χ1v) is 12.0. The Morgan fingerprint density at radius 3 is 2.06 bits per heavy atom. The second-order valence-corrected chi connectivity index (χ2v) is 10.2. The van der Waals surface area contributed by atoms with Gasteiger partial charge in [-0.15, -0.1) is 0 Å². The second-order valence-electron chi connectivity index (χ2n) is 8.12. The first-order valence-electron chi connectivity index (χ1n) is 10.5. The van der Waals surface area contributed by atoms with E-state index in [-0.39, 0.29) is 35.1 Å². The van der Waals surface area contributed by atoms with E-state index in [0.717, 1.165) is 22.7 Å². The molecule has 0 heterocycles. The Hall–Kier alpha value is -2.51. The van der Waals surface area contributed by atoms with E-state index in [1.54, 1.807) is 0 Å². The third kappa shape index (κ3) is 6.48. The Balaban J connectivity index is 2.10. The summed E-state index contributed by atoms with van der Waals surface area (Å²) in [6, 6.07) is 13.7. The van der Waals surface area contributed by atoms with Crippen molar-refractivity contribution < 1.29 is 18.0 Å². The lowest BCUT2D eigenvalue weighted by atomic mass is 9.94. The third-order valence-electron chi connectivity index (χ3n) is 5.20. The highest BCUT2D eigenvalue weighted by molar-refractivity contribution is 7.89. The minimum absolute atomic E-state index is 0.0414. The average molecular weight is 445 g/mol. The normalized spacial score (nSPS) is 12.7. The molecule has 2 aromatic carbocycles. The van der Waals surface area contributed by atoms with Gasteiger partial charge in [0.25, 0.3) is 0 Å². The zero-order valence-electron chi connectivity index (χ0n) is 18.9. The Labute approximate surface area is 185 Å². The smallest absolute Gasteiger partial charge is 0.243 e. The lowest BCUT2D eigenvalue weighted by molar-refractivity contribution is -0.122. The van der Waals surface area contributed by atoms with Gasteiger partial charge in [0.15, 0.2) is 5.78 Å². The summed E-state index contributed by atoms with van der Waals surface area (Å²) >= 11 is 0.